The Morgan fingerprint density at radius 3 is 1.47 bits per heavy atom. The van der Waals surface area contributed by atoms with E-state index in [0.29, 0.717) is 12.8 Å². The topological polar surface area (TPSA) is 205 Å². The SMILES string of the molecule is Cn1ccc(C(=O)NCCCCN(CCCNC(=O)c2ccn(C)c(=O)c2O)C(=O)c2ccn(C)c(=O)c2O)c(O)c1=O. The van der Waals surface area contributed by atoms with Crippen molar-refractivity contribution in [3.05, 3.63) is 84.5 Å². The summed E-state index contributed by atoms with van der Waals surface area (Å²) in [7, 11) is 4.30. The first kappa shape index (κ1) is 32.2. The average Bonchev–Trinajstić information content (AvgIpc) is 2.98. The number of carbonyl (C=O) groups excluding carboxylic acids is 3. The van der Waals surface area contributed by atoms with Crippen LogP contribution >= 0.6 is 0 Å². The lowest BCUT2D eigenvalue weighted by atomic mass is 10.1. The molecule has 15 nitrogen and oxygen atoms in total. The van der Waals surface area contributed by atoms with Gasteiger partial charge in [0.05, 0.1) is 16.7 Å². The molecule has 0 fully saturated rings. The molecular weight excluding hydrogens is 564 g/mol. The monoisotopic (exact) mass is 598 g/mol. The molecule has 0 saturated heterocycles. The molecule has 0 spiro atoms. The van der Waals surface area contributed by atoms with Crippen LogP contribution in [0.4, 0.5) is 0 Å². The average molecular weight is 599 g/mol. The number of nitrogens with zero attached hydrogens (tertiary/aromatic N) is 4. The number of aromatic hydroxyl groups is 3. The van der Waals surface area contributed by atoms with Gasteiger partial charge in [0.25, 0.3) is 34.4 Å². The minimum atomic E-state index is -0.742. The number of unbranched alkanes of at least 4 members (excludes halogenated alkanes) is 1. The molecule has 0 radical (unpaired) electrons. The fraction of sp³-hybridized carbons (Fsp3) is 0.357. The van der Waals surface area contributed by atoms with E-state index in [4.69, 9.17) is 0 Å². The van der Waals surface area contributed by atoms with E-state index in [9.17, 15) is 44.1 Å². The van der Waals surface area contributed by atoms with Gasteiger partial charge in [0.1, 0.15) is 0 Å². The third kappa shape index (κ3) is 7.49. The number of hydrogen-bond acceptors (Lipinski definition) is 9. The number of aromatic nitrogens is 3. The fourth-order valence-electron chi connectivity index (χ4n) is 4.16. The van der Waals surface area contributed by atoms with Crippen molar-refractivity contribution in [3.8, 4) is 17.2 Å². The Hall–Kier alpha value is -5.34. The summed E-state index contributed by atoms with van der Waals surface area (Å²) >= 11 is 0. The summed E-state index contributed by atoms with van der Waals surface area (Å²) in [5, 5.41) is 35.4. The first-order chi connectivity index (χ1) is 20.3. The van der Waals surface area contributed by atoms with Crippen molar-refractivity contribution in [2.75, 3.05) is 26.2 Å². The number of rotatable bonds is 12. The van der Waals surface area contributed by atoms with E-state index in [-0.39, 0.29) is 49.3 Å². The number of amides is 3. The van der Waals surface area contributed by atoms with Crippen molar-refractivity contribution >= 4 is 17.7 Å². The van der Waals surface area contributed by atoms with Gasteiger partial charge in [-0.2, -0.15) is 0 Å². The maximum absolute atomic E-state index is 13.3. The lowest BCUT2D eigenvalue weighted by molar-refractivity contribution is 0.0745. The first-order valence-electron chi connectivity index (χ1n) is 13.4. The molecule has 3 aromatic heterocycles. The summed E-state index contributed by atoms with van der Waals surface area (Å²) in [4.78, 5) is 75.4. The number of hydrogen-bond donors (Lipinski definition) is 5. The summed E-state index contributed by atoms with van der Waals surface area (Å²) in [6.07, 6.45) is 5.12. The predicted octanol–water partition coefficient (Wildman–Crippen LogP) is -0.628. The highest BCUT2D eigenvalue weighted by Crippen LogP contribution is 2.15. The van der Waals surface area contributed by atoms with Crippen LogP contribution in [-0.4, -0.2) is 77.8 Å². The highest BCUT2D eigenvalue weighted by molar-refractivity contribution is 5.97. The molecular formula is C28H34N6O9. The van der Waals surface area contributed by atoms with Gasteiger partial charge in [0, 0.05) is 65.9 Å². The molecule has 3 rings (SSSR count). The van der Waals surface area contributed by atoms with E-state index in [1.54, 1.807) is 0 Å². The smallest absolute Gasteiger partial charge is 0.293 e. The predicted molar refractivity (Wildman–Crippen MR) is 154 cm³/mol. The van der Waals surface area contributed by atoms with Crippen LogP contribution in [0.3, 0.4) is 0 Å². The Balaban J connectivity index is 1.61. The van der Waals surface area contributed by atoms with E-state index >= 15 is 0 Å². The zero-order valence-electron chi connectivity index (χ0n) is 24.0. The maximum atomic E-state index is 13.3. The van der Waals surface area contributed by atoms with Gasteiger partial charge < -0.3 is 44.6 Å². The highest BCUT2D eigenvalue weighted by Gasteiger charge is 2.22. The lowest BCUT2D eigenvalue weighted by Crippen LogP contribution is -2.36. The Morgan fingerprint density at radius 1 is 0.628 bits per heavy atom. The lowest BCUT2D eigenvalue weighted by Gasteiger charge is -2.23. The Morgan fingerprint density at radius 2 is 1.00 bits per heavy atom. The third-order valence-corrected chi connectivity index (χ3v) is 6.77. The third-order valence-electron chi connectivity index (χ3n) is 6.77. The molecule has 3 heterocycles. The van der Waals surface area contributed by atoms with Gasteiger partial charge in [-0.3, -0.25) is 28.8 Å². The van der Waals surface area contributed by atoms with Crippen LogP contribution in [0.15, 0.2) is 51.2 Å². The van der Waals surface area contributed by atoms with Gasteiger partial charge in [0.2, 0.25) is 0 Å². The second-order valence-corrected chi connectivity index (χ2v) is 9.85. The molecule has 230 valence electrons. The largest absolute Gasteiger partial charge is 0.502 e. The Kier molecular flexibility index (Phi) is 10.5. The van der Waals surface area contributed by atoms with E-state index in [0.717, 1.165) is 13.7 Å². The number of pyridine rings is 3. The number of nitrogens with one attached hydrogen (secondary N) is 2. The standard InChI is InChI=1S/C28H34N6O9/c1-31-14-7-17(20(35)26(31)41)23(38)29-10-4-5-12-34(25(40)19-9-16-33(3)28(43)22(19)37)13-6-11-30-24(39)18-8-15-32(2)27(42)21(18)36/h7-9,14-16,35-37H,4-6,10-13H2,1-3H3,(H,29,38)(H,30,39). The minimum Gasteiger partial charge on any atom is -0.502 e. The van der Waals surface area contributed by atoms with Crippen LogP contribution in [0.5, 0.6) is 17.2 Å². The Bertz CT molecular complexity index is 1710. The summed E-state index contributed by atoms with van der Waals surface area (Å²) in [5.74, 6) is -3.96. The molecule has 0 bridgehead atoms. The first-order valence-corrected chi connectivity index (χ1v) is 13.4. The van der Waals surface area contributed by atoms with Crippen LogP contribution in [0, 0.1) is 0 Å². The van der Waals surface area contributed by atoms with E-state index in [1.807, 2.05) is 0 Å². The maximum Gasteiger partial charge on any atom is 0.293 e. The zero-order chi connectivity index (χ0) is 31.8. The van der Waals surface area contributed by atoms with Gasteiger partial charge in [-0.25, -0.2) is 0 Å². The van der Waals surface area contributed by atoms with Gasteiger partial charge in [-0.15, -0.1) is 0 Å². The van der Waals surface area contributed by atoms with Gasteiger partial charge in [-0.1, -0.05) is 0 Å². The van der Waals surface area contributed by atoms with Crippen LogP contribution < -0.4 is 27.3 Å². The normalized spacial score (nSPS) is 10.8. The molecule has 3 amide bonds. The van der Waals surface area contributed by atoms with Crippen LogP contribution in [0.1, 0.15) is 50.3 Å². The minimum absolute atomic E-state index is 0.0793. The zero-order valence-corrected chi connectivity index (χ0v) is 24.0. The van der Waals surface area contributed by atoms with Crippen molar-refractivity contribution in [2.45, 2.75) is 19.3 Å². The summed E-state index contributed by atoms with van der Waals surface area (Å²) in [6, 6.07) is 3.95. The van der Waals surface area contributed by atoms with Crippen LogP contribution in [0.25, 0.3) is 0 Å². The van der Waals surface area contributed by atoms with Crippen LogP contribution in [0.2, 0.25) is 0 Å². The molecule has 0 aliphatic heterocycles. The second-order valence-electron chi connectivity index (χ2n) is 9.85. The molecule has 0 atom stereocenters. The molecule has 0 aliphatic carbocycles. The van der Waals surface area contributed by atoms with Crippen LogP contribution in [-0.2, 0) is 21.1 Å². The molecule has 0 aromatic carbocycles. The Labute approximate surface area is 245 Å². The molecule has 5 N–H and O–H groups in total. The highest BCUT2D eigenvalue weighted by atomic mass is 16.3. The van der Waals surface area contributed by atoms with Gasteiger partial charge >= 0.3 is 0 Å². The van der Waals surface area contributed by atoms with E-state index < -0.39 is 51.6 Å². The van der Waals surface area contributed by atoms with Crippen molar-refractivity contribution in [2.24, 2.45) is 21.1 Å². The molecule has 0 saturated carbocycles. The molecule has 43 heavy (non-hydrogen) atoms. The summed E-state index contributed by atoms with van der Waals surface area (Å²) in [6.45, 7) is 0.534. The fourth-order valence-corrected chi connectivity index (χ4v) is 4.16. The molecule has 3 aromatic rings. The van der Waals surface area contributed by atoms with E-state index in [1.165, 1.54) is 62.8 Å². The van der Waals surface area contributed by atoms with Crippen molar-refractivity contribution < 1.29 is 29.7 Å². The van der Waals surface area contributed by atoms with Gasteiger partial charge in [-0.05, 0) is 37.5 Å². The van der Waals surface area contributed by atoms with Crippen molar-refractivity contribution in [3.63, 3.8) is 0 Å². The molecule has 0 aliphatic rings. The quantitative estimate of drug-likeness (QED) is 0.168. The summed E-state index contributed by atoms with van der Waals surface area (Å²) < 4.78 is 3.39. The summed E-state index contributed by atoms with van der Waals surface area (Å²) in [5.41, 5.74) is -2.71. The number of aryl methyl sites for hydroxylation is 3. The van der Waals surface area contributed by atoms with Gasteiger partial charge in [0.15, 0.2) is 17.2 Å². The van der Waals surface area contributed by atoms with E-state index in [2.05, 4.69) is 10.6 Å². The van der Waals surface area contributed by atoms with Crippen molar-refractivity contribution in [1.82, 2.24) is 29.2 Å². The molecule has 0 unspecified atom stereocenters. The second kappa shape index (κ2) is 14.0. The molecule has 15 heteroatoms. The number of carbonyl (C=O) groups is 3. The van der Waals surface area contributed by atoms with Crippen molar-refractivity contribution in [1.29, 1.82) is 0 Å².